The van der Waals surface area contributed by atoms with Crippen LogP contribution < -0.4 is 15.2 Å². The molecule has 0 bridgehead atoms. The van der Waals surface area contributed by atoms with Crippen LogP contribution >= 0.6 is 15.9 Å². The third kappa shape index (κ3) is 5.58. The summed E-state index contributed by atoms with van der Waals surface area (Å²) in [6.07, 6.45) is -4.43. The van der Waals surface area contributed by atoms with Gasteiger partial charge in [-0.3, -0.25) is 0 Å². The molecule has 0 amide bonds. The summed E-state index contributed by atoms with van der Waals surface area (Å²) in [5.41, 5.74) is 6.46. The topological polar surface area (TPSA) is 44.5 Å². The largest absolute Gasteiger partial charge is 0.493 e. The van der Waals surface area contributed by atoms with Crippen molar-refractivity contribution in [2.24, 2.45) is 5.73 Å². The van der Waals surface area contributed by atoms with Crippen molar-refractivity contribution in [3.8, 4) is 11.5 Å². The normalized spacial score (nSPS) is 11.5. The summed E-state index contributed by atoms with van der Waals surface area (Å²) < 4.78 is 47.4. The predicted octanol–water partition coefficient (Wildman–Crippen LogP) is 3.68. The highest BCUT2D eigenvalue weighted by molar-refractivity contribution is 9.10. The Balaban J connectivity index is 2.69. The number of hydrogen-bond acceptors (Lipinski definition) is 3. The van der Waals surface area contributed by atoms with Gasteiger partial charge in [0, 0.05) is 6.42 Å². The standard InChI is InChI=1S/C13H17BrF3NO2/c1-19-11-8-9(3-5-18)7-10(14)12(11)20-6-2-4-13(15,16)17/h7-8H,2-6,18H2,1H3. The fourth-order valence-corrected chi connectivity index (χ4v) is 2.28. The molecule has 7 heteroatoms. The average molecular weight is 356 g/mol. The Morgan fingerprint density at radius 2 is 2.00 bits per heavy atom. The fraction of sp³-hybridized carbons (Fsp3) is 0.538. The van der Waals surface area contributed by atoms with E-state index in [1.54, 1.807) is 6.07 Å². The summed E-state index contributed by atoms with van der Waals surface area (Å²) in [4.78, 5) is 0. The first-order valence-electron chi connectivity index (χ1n) is 6.13. The third-order valence-corrected chi connectivity index (χ3v) is 3.16. The summed E-state index contributed by atoms with van der Waals surface area (Å²) in [7, 11) is 1.48. The van der Waals surface area contributed by atoms with Crippen molar-refractivity contribution < 1.29 is 22.6 Å². The van der Waals surface area contributed by atoms with Crippen molar-refractivity contribution in [3.05, 3.63) is 22.2 Å². The van der Waals surface area contributed by atoms with E-state index in [0.29, 0.717) is 28.9 Å². The fourth-order valence-electron chi connectivity index (χ4n) is 1.67. The lowest BCUT2D eigenvalue weighted by Gasteiger charge is -2.14. The summed E-state index contributed by atoms with van der Waals surface area (Å²) in [6.45, 7) is 0.478. The number of ether oxygens (including phenoxy) is 2. The van der Waals surface area contributed by atoms with E-state index in [2.05, 4.69) is 15.9 Å². The van der Waals surface area contributed by atoms with E-state index in [0.717, 1.165) is 5.56 Å². The quantitative estimate of drug-likeness (QED) is 0.758. The number of halogens is 4. The molecule has 20 heavy (non-hydrogen) atoms. The van der Waals surface area contributed by atoms with Crippen LogP contribution in [0.2, 0.25) is 0 Å². The predicted molar refractivity (Wildman–Crippen MR) is 74.2 cm³/mol. The van der Waals surface area contributed by atoms with Crippen LogP contribution in [0.25, 0.3) is 0 Å². The van der Waals surface area contributed by atoms with Crippen molar-refractivity contribution in [3.63, 3.8) is 0 Å². The maximum atomic E-state index is 12.0. The molecule has 0 spiro atoms. The van der Waals surface area contributed by atoms with Crippen molar-refractivity contribution in [2.45, 2.75) is 25.4 Å². The van der Waals surface area contributed by atoms with Crippen LogP contribution in [0.1, 0.15) is 18.4 Å². The molecule has 3 nitrogen and oxygen atoms in total. The molecule has 0 aromatic heterocycles. The summed E-state index contributed by atoms with van der Waals surface area (Å²) in [5.74, 6) is 0.894. The number of nitrogens with two attached hydrogens (primary N) is 1. The number of hydrogen-bond donors (Lipinski definition) is 1. The molecule has 2 N–H and O–H groups in total. The summed E-state index contributed by atoms with van der Waals surface area (Å²) in [6, 6.07) is 3.60. The van der Waals surface area contributed by atoms with Gasteiger partial charge in [-0.1, -0.05) is 0 Å². The number of alkyl halides is 3. The van der Waals surface area contributed by atoms with Crippen LogP contribution in [0.5, 0.6) is 11.5 Å². The highest BCUT2D eigenvalue weighted by Crippen LogP contribution is 2.37. The van der Waals surface area contributed by atoms with E-state index >= 15 is 0 Å². The molecule has 0 aliphatic carbocycles. The number of benzene rings is 1. The smallest absolute Gasteiger partial charge is 0.389 e. The Morgan fingerprint density at radius 1 is 1.30 bits per heavy atom. The van der Waals surface area contributed by atoms with Crippen LogP contribution in [-0.4, -0.2) is 26.4 Å². The Labute approximate surface area is 124 Å². The Morgan fingerprint density at radius 3 is 2.55 bits per heavy atom. The van der Waals surface area contributed by atoms with E-state index < -0.39 is 12.6 Å². The minimum Gasteiger partial charge on any atom is -0.493 e. The number of rotatable bonds is 7. The average Bonchev–Trinajstić information content (AvgIpc) is 2.35. The maximum absolute atomic E-state index is 12.0. The first-order valence-corrected chi connectivity index (χ1v) is 6.92. The molecule has 0 radical (unpaired) electrons. The van der Waals surface area contributed by atoms with Gasteiger partial charge in [0.1, 0.15) is 0 Å². The van der Waals surface area contributed by atoms with E-state index in [1.165, 1.54) is 7.11 Å². The minimum absolute atomic E-state index is 0.0231. The monoisotopic (exact) mass is 355 g/mol. The second-order valence-corrected chi connectivity index (χ2v) is 5.07. The molecule has 0 atom stereocenters. The molecular weight excluding hydrogens is 339 g/mol. The Hall–Kier alpha value is -0.950. The molecule has 1 aromatic carbocycles. The molecule has 0 saturated carbocycles. The highest BCUT2D eigenvalue weighted by Gasteiger charge is 2.26. The first-order chi connectivity index (χ1) is 9.37. The van der Waals surface area contributed by atoms with Crippen LogP contribution in [0, 0.1) is 0 Å². The minimum atomic E-state index is -4.16. The molecule has 1 aromatic rings. The zero-order chi connectivity index (χ0) is 15.2. The lowest BCUT2D eigenvalue weighted by Crippen LogP contribution is -2.10. The Kier molecular flexibility index (Phi) is 6.61. The van der Waals surface area contributed by atoms with Crippen molar-refractivity contribution in [1.82, 2.24) is 0 Å². The van der Waals surface area contributed by atoms with Crippen LogP contribution in [-0.2, 0) is 6.42 Å². The molecule has 1 rings (SSSR count). The highest BCUT2D eigenvalue weighted by atomic mass is 79.9. The molecule has 114 valence electrons. The van der Waals surface area contributed by atoms with E-state index in [9.17, 15) is 13.2 Å². The second kappa shape index (κ2) is 7.73. The van der Waals surface area contributed by atoms with Crippen molar-refractivity contribution in [2.75, 3.05) is 20.3 Å². The van der Waals surface area contributed by atoms with E-state index in [4.69, 9.17) is 15.2 Å². The van der Waals surface area contributed by atoms with Gasteiger partial charge in [0.15, 0.2) is 11.5 Å². The molecule has 0 aliphatic heterocycles. The lowest BCUT2D eigenvalue weighted by atomic mass is 10.1. The van der Waals surface area contributed by atoms with Crippen molar-refractivity contribution >= 4 is 15.9 Å². The second-order valence-electron chi connectivity index (χ2n) is 4.21. The van der Waals surface area contributed by atoms with E-state index in [-0.39, 0.29) is 13.0 Å². The van der Waals surface area contributed by atoms with Crippen LogP contribution in [0.15, 0.2) is 16.6 Å². The zero-order valence-corrected chi connectivity index (χ0v) is 12.7. The zero-order valence-electron chi connectivity index (χ0n) is 11.1. The summed E-state index contributed by atoms with van der Waals surface area (Å²) in [5, 5.41) is 0. The molecular formula is C13H17BrF3NO2. The molecule has 0 aliphatic rings. The third-order valence-electron chi connectivity index (χ3n) is 2.57. The van der Waals surface area contributed by atoms with Gasteiger partial charge >= 0.3 is 6.18 Å². The molecule has 0 heterocycles. The number of methoxy groups -OCH3 is 1. The molecule has 0 fully saturated rings. The Bertz CT molecular complexity index is 438. The lowest BCUT2D eigenvalue weighted by molar-refractivity contribution is -0.136. The van der Waals surface area contributed by atoms with Gasteiger partial charge in [-0.15, -0.1) is 0 Å². The summed E-state index contributed by atoms with van der Waals surface area (Å²) >= 11 is 3.33. The van der Waals surface area contributed by atoms with E-state index in [1.807, 2.05) is 6.07 Å². The molecule has 0 unspecified atom stereocenters. The van der Waals surface area contributed by atoms with Gasteiger partial charge in [-0.05, 0) is 53.0 Å². The van der Waals surface area contributed by atoms with Crippen LogP contribution in [0.4, 0.5) is 13.2 Å². The van der Waals surface area contributed by atoms with Gasteiger partial charge in [-0.25, -0.2) is 0 Å². The van der Waals surface area contributed by atoms with Gasteiger partial charge in [0.25, 0.3) is 0 Å². The van der Waals surface area contributed by atoms with Gasteiger partial charge < -0.3 is 15.2 Å². The van der Waals surface area contributed by atoms with Gasteiger partial charge in [0.05, 0.1) is 18.2 Å². The first kappa shape index (κ1) is 17.1. The van der Waals surface area contributed by atoms with Crippen molar-refractivity contribution in [1.29, 1.82) is 0 Å². The van der Waals surface area contributed by atoms with Gasteiger partial charge in [-0.2, -0.15) is 13.2 Å². The maximum Gasteiger partial charge on any atom is 0.389 e. The molecule has 0 saturated heterocycles. The SMILES string of the molecule is COc1cc(CCN)cc(Br)c1OCCCC(F)(F)F. The van der Waals surface area contributed by atoms with Gasteiger partial charge in [0.2, 0.25) is 0 Å². The van der Waals surface area contributed by atoms with Crippen LogP contribution in [0.3, 0.4) is 0 Å².